The molecule has 0 amide bonds. The van der Waals surface area contributed by atoms with Gasteiger partial charge in [-0.1, -0.05) is 18.7 Å². The molecule has 1 aromatic carbocycles. The Hall–Kier alpha value is -3.12. The van der Waals surface area contributed by atoms with E-state index in [0.29, 0.717) is 47.8 Å². The summed E-state index contributed by atoms with van der Waals surface area (Å²) in [7, 11) is -3.47. The van der Waals surface area contributed by atoms with Gasteiger partial charge in [0, 0.05) is 16.9 Å². The lowest BCUT2D eigenvalue weighted by atomic mass is 10.2. The molecule has 1 aliphatic rings. The van der Waals surface area contributed by atoms with E-state index < -0.39 is 15.7 Å². The van der Waals surface area contributed by atoms with Crippen molar-refractivity contribution in [2.45, 2.75) is 37.0 Å². The van der Waals surface area contributed by atoms with Crippen molar-refractivity contribution in [1.29, 1.82) is 0 Å². The number of rotatable bonds is 10. The molecule has 2 aromatic heterocycles. The lowest BCUT2D eigenvalue weighted by Crippen LogP contribution is -2.14. The zero-order valence-electron chi connectivity index (χ0n) is 20.0. The van der Waals surface area contributed by atoms with Crippen LogP contribution >= 0.6 is 11.8 Å². The molecule has 12 heteroatoms. The summed E-state index contributed by atoms with van der Waals surface area (Å²) in [6, 6.07) is 6.07. The number of halogens is 1. The fourth-order valence-electron chi connectivity index (χ4n) is 3.58. The minimum absolute atomic E-state index is 0.0167. The number of aromatic nitrogens is 2. The quantitative estimate of drug-likeness (QED) is 0.377. The highest BCUT2D eigenvalue weighted by Gasteiger charge is 2.26. The highest BCUT2D eigenvalue weighted by atomic mass is 32.2. The number of aliphatic imine (C=N–C) groups is 1. The van der Waals surface area contributed by atoms with E-state index in [1.165, 1.54) is 36.2 Å². The average molecular weight is 536 g/mol. The third kappa shape index (κ3) is 5.81. The van der Waals surface area contributed by atoms with Crippen LogP contribution < -0.4 is 9.47 Å². The zero-order chi connectivity index (χ0) is 25.9. The smallest absolute Gasteiger partial charge is 0.306 e. The fourth-order valence-corrected chi connectivity index (χ4v) is 5.21. The van der Waals surface area contributed by atoms with Gasteiger partial charge >= 0.3 is 5.97 Å². The number of nitrogens with zero attached hydrogens (tertiary/aromatic N) is 2. The van der Waals surface area contributed by atoms with Gasteiger partial charge in [0.2, 0.25) is 5.82 Å². The number of benzene rings is 1. The van der Waals surface area contributed by atoms with Gasteiger partial charge in [0.05, 0.1) is 43.6 Å². The van der Waals surface area contributed by atoms with Crippen LogP contribution in [0.25, 0.3) is 10.9 Å². The average Bonchev–Trinajstić information content (AvgIpc) is 3.46. The maximum Gasteiger partial charge on any atom is 0.306 e. The van der Waals surface area contributed by atoms with Crippen LogP contribution in [-0.4, -0.2) is 60.7 Å². The van der Waals surface area contributed by atoms with Crippen molar-refractivity contribution in [3.05, 3.63) is 42.0 Å². The largest absolute Gasteiger partial charge is 0.488 e. The van der Waals surface area contributed by atoms with E-state index in [2.05, 4.69) is 15.0 Å². The molecule has 0 radical (unpaired) electrons. The summed E-state index contributed by atoms with van der Waals surface area (Å²) < 4.78 is 55.2. The second-order valence-corrected chi connectivity index (χ2v) is 11.4. The molecule has 4 rings (SSSR count). The molecule has 1 aliphatic heterocycles. The summed E-state index contributed by atoms with van der Waals surface area (Å²) in [5, 5.41) is 1.22. The molecule has 0 fully saturated rings. The molecule has 3 heterocycles. The van der Waals surface area contributed by atoms with E-state index in [0.717, 1.165) is 6.26 Å². The predicted octanol–water partition coefficient (Wildman–Crippen LogP) is 4.50. The van der Waals surface area contributed by atoms with Gasteiger partial charge in [-0.2, -0.15) is 4.39 Å². The first-order valence-electron chi connectivity index (χ1n) is 11.4. The normalized spacial score (nSPS) is 15.7. The molecule has 0 saturated carbocycles. The molecule has 192 valence electrons. The molecule has 36 heavy (non-hydrogen) atoms. The molecule has 0 saturated heterocycles. The first-order valence-corrected chi connectivity index (χ1v) is 14.2. The number of esters is 1. The Labute approximate surface area is 212 Å². The molecular formula is C24H26FN3O6S2. The predicted molar refractivity (Wildman–Crippen MR) is 135 cm³/mol. The topological polar surface area (TPSA) is 120 Å². The summed E-state index contributed by atoms with van der Waals surface area (Å²) in [6.45, 7) is 4.79. The summed E-state index contributed by atoms with van der Waals surface area (Å²) in [5.41, 5.74) is 1.14. The van der Waals surface area contributed by atoms with Gasteiger partial charge in [-0.15, -0.1) is 0 Å². The number of pyridine rings is 1. The molecule has 3 aromatic rings. The van der Waals surface area contributed by atoms with E-state index in [9.17, 15) is 13.2 Å². The molecule has 0 bridgehead atoms. The van der Waals surface area contributed by atoms with Gasteiger partial charge in [0.1, 0.15) is 10.8 Å². The number of ether oxygens (including phenoxy) is 3. The number of fused-ring (bicyclic) bond motifs is 1. The van der Waals surface area contributed by atoms with E-state index in [-0.39, 0.29) is 39.9 Å². The van der Waals surface area contributed by atoms with Crippen LogP contribution in [0.15, 0.2) is 40.5 Å². The van der Waals surface area contributed by atoms with Crippen LogP contribution in [0, 0.1) is 5.82 Å². The van der Waals surface area contributed by atoms with E-state index in [1.807, 2.05) is 13.0 Å². The lowest BCUT2D eigenvalue weighted by Gasteiger charge is -2.12. The van der Waals surface area contributed by atoms with Crippen LogP contribution in [0.5, 0.6) is 17.2 Å². The molecule has 0 aliphatic carbocycles. The molecule has 9 nitrogen and oxygen atoms in total. The maximum atomic E-state index is 15.5. The highest BCUT2D eigenvalue weighted by Crippen LogP contribution is 2.39. The van der Waals surface area contributed by atoms with Gasteiger partial charge < -0.3 is 19.2 Å². The number of sulfone groups is 1. The number of hydrogen-bond acceptors (Lipinski definition) is 9. The van der Waals surface area contributed by atoms with Crippen molar-refractivity contribution in [1.82, 2.24) is 9.97 Å². The number of H-pyrrole nitrogens is 1. The minimum Gasteiger partial charge on any atom is -0.488 e. The second-order valence-electron chi connectivity index (χ2n) is 8.11. The number of aromatic amines is 1. The lowest BCUT2D eigenvalue weighted by molar-refractivity contribution is -0.143. The first kappa shape index (κ1) is 26.0. The molecular weight excluding hydrogens is 509 g/mol. The van der Waals surface area contributed by atoms with Crippen molar-refractivity contribution in [3.63, 3.8) is 0 Å². The minimum atomic E-state index is -3.47. The third-order valence-electron chi connectivity index (χ3n) is 5.19. The van der Waals surface area contributed by atoms with Crippen LogP contribution in [0.1, 0.15) is 32.4 Å². The van der Waals surface area contributed by atoms with Crippen molar-refractivity contribution in [2.24, 2.45) is 4.99 Å². The highest BCUT2D eigenvalue weighted by molar-refractivity contribution is 8.15. The zero-order valence-corrected chi connectivity index (χ0v) is 21.7. The first-order chi connectivity index (χ1) is 17.2. The number of carbonyl (C=O) groups excluding carboxylic acids is 1. The molecule has 0 spiro atoms. The maximum absolute atomic E-state index is 15.5. The van der Waals surface area contributed by atoms with Gasteiger partial charge in [0.15, 0.2) is 26.4 Å². The molecule has 1 unspecified atom stereocenters. The van der Waals surface area contributed by atoms with E-state index >= 15 is 4.39 Å². The Morgan fingerprint density at radius 2 is 2.08 bits per heavy atom. The Bertz CT molecular complexity index is 1400. The monoisotopic (exact) mass is 535 g/mol. The van der Waals surface area contributed by atoms with Crippen LogP contribution in [-0.2, 0) is 19.4 Å². The van der Waals surface area contributed by atoms with Gasteiger partial charge in [0.25, 0.3) is 0 Å². The summed E-state index contributed by atoms with van der Waals surface area (Å²) in [5.74, 6) is -0.855. The second kappa shape index (κ2) is 10.9. The number of thioether (sulfide) groups is 1. The Balaban J connectivity index is 1.63. The van der Waals surface area contributed by atoms with E-state index in [1.54, 1.807) is 6.92 Å². The van der Waals surface area contributed by atoms with Crippen LogP contribution in [0.3, 0.4) is 0 Å². The summed E-state index contributed by atoms with van der Waals surface area (Å²) in [6.07, 6.45) is 3.21. The molecule has 1 atom stereocenters. The van der Waals surface area contributed by atoms with E-state index in [4.69, 9.17) is 14.2 Å². The fraction of sp³-hybridized carbons (Fsp3) is 0.375. The van der Waals surface area contributed by atoms with Crippen LogP contribution in [0.2, 0.25) is 0 Å². The van der Waals surface area contributed by atoms with Gasteiger partial charge in [-0.3, -0.25) is 9.79 Å². The Morgan fingerprint density at radius 3 is 2.75 bits per heavy atom. The standard InChI is InChI=1S/C24H26FN3O6S2/c1-4-8-33-23-21(25)18(34-15-6-7-19(26-12-15)36(3,30)31)10-14-9-17(28-22(14)23)24-27-13-16(35-24)11-20(29)32-5-2/h6-7,9-10,12,16,28H,4-5,8,11,13H2,1-3H3. The summed E-state index contributed by atoms with van der Waals surface area (Å²) in [4.78, 5) is 23.4. The third-order valence-corrected chi connectivity index (χ3v) is 7.41. The number of carbonyl (C=O) groups is 1. The summed E-state index contributed by atoms with van der Waals surface area (Å²) >= 11 is 1.47. The van der Waals surface area contributed by atoms with Crippen molar-refractivity contribution >= 4 is 43.5 Å². The number of hydrogen-bond donors (Lipinski definition) is 1. The van der Waals surface area contributed by atoms with Crippen molar-refractivity contribution in [2.75, 3.05) is 26.0 Å². The molecule has 1 N–H and O–H groups in total. The SMILES string of the molecule is CCCOc1c(F)c(Oc2ccc(S(C)(=O)=O)nc2)cc2cc(C3=NCC(CC(=O)OCC)S3)[nH]c12. The Kier molecular flexibility index (Phi) is 7.84. The van der Waals surface area contributed by atoms with Gasteiger partial charge in [-0.05, 0) is 37.6 Å². The van der Waals surface area contributed by atoms with Crippen molar-refractivity contribution in [3.8, 4) is 17.2 Å². The van der Waals surface area contributed by atoms with Crippen molar-refractivity contribution < 1.29 is 31.8 Å². The van der Waals surface area contributed by atoms with Gasteiger partial charge in [-0.25, -0.2) is 13.4 Å². The number of nitrogens with one attached hydrogen (secondary N) is 1. The van der Waals surface area contributed by atoms with Crippen LogP contribution in [0.4, 0.5) is 4.39 Å². The Morgan fingerprint density at radius 1 is 1.28 bits per heavy atom.